The summed E-state index contributed by atoms with van der Waals surface area (Å²) in [5.41, 5.74) is 5.89. The Labute approximate surface area is 246 Å². The molecule has 4 nitrogen and oxygen atoms in total. The molecule has 0 bridgehead atoms. The average Bonchev–Trinajstić information content (AvgIpc) is 3.03. The number of aryl methyl sites for hydroxylation is 3. The van der Waals surface area contributed by atoms with E-state index in [9.17, 15) is 0 Å². The van der Waals surface area contributed by atoms with Gasteiger partial charge in [0.1, 0.15) is 23.0 Å². The van der Waals surface area contributed by atoms with E-state index in [1.807, 2.05) is 130 Å². The summed E-state index contributed by atoms with van der Waals surface area (Å²) in [6.45, 7) is 6.12. The molecule has 4 heteroatoms. The van der Waals surface area contributed by atoms with E-state index in [-0.39, 0.29) is 0 Å². The molecule has 0 saturated heterocycles. The fraction of sp³-hybridized carbons (Fsp3) is 0.189. The van der Waals surface area contributed by atoms with E-state index < -0.39 is 0 Å². The minimum absolute atomic E-state index is 0.910. The normalized spacial score (nSPS) is 9.34. The van der Waals surface area contributed by atoms with Crippen molar-refractivity contribution >= 4 is 0 Å². The summed E-state index contributed by atoms with van der Waals surface area (Å²) in [6.07, 6.45) is 0. The summed E-state index contributed by atoms with van der Waals surface area (Å²) in [7, 11) is 6.74. The van der Waals surface area contributed by atoms with E-state index >= 15 is 0 Å². The minimum Gasteiger partial charge on any atom is -0.497 e. The van der Waals surface area contributed by atoms with Gasteiger partial charge in [-0.15, -0.1) is 0 Å². The van der Waals surface area contributed by atoms with Gasteiger partial charge >= 0.3 is 0 Å². The van der Waals surface area contributed by atoms with Crippen molar-refractivity contribution in [1.29, 1.82) is 0 Å². The topological polar surface area (TPSA) is 36.9 Å². The van der Waals surface area contributed by atoms with Crippen LogP contribution in [0.4, 0.5) is 0 Å². The first-order chi connectivity index (χ1) is 19.9. The van der Waals surface area contributed by atoms with Crippen LogP contribution in [-0.2, 0) is 0 Å². The van der Waals surface area contributed by atoms with Crippen molar-refractivity contribution in [2.45, 2.75) is 20.8 Å². The van der Waals surface area contributed by atoms with E-state index in [1.165, 1.54) is 22.3 Å². The summed E-state index contributed by atoms with van der Waals surface area (Å²) in [6, 6.07) is 42.0. The van der Waals surface area contributed by atoms with Gasteiger partial charge in [0, 0.05) is 5.56 Å². The second-order valence-corrected chi connectivity index (χ2v) is 8.98. The lowest BCUT2D eigenvalue weighted by Crippen LogP contribution is -1.89. The molecule has 0 atom stereocenters. The van der Waals surface area contributed by atoms with Crippen molar-refractivity contribution in [2.24, 2.45) is 0 Å². The van der Waals surface area contributed by atoms with Crippen molar-refractivity contribution in [3.8, 4) is 34.1 Å². The Morgan fingerprint density at radius 3 is 1.27 bits per heavy atom. The molecule has 0 spiro atoms. The lowest BCUT2D eigenvalue weighted by Gasteiger charge is -2.07. The van der Waals surface area contributed by atoms with E-state index in [0.717, 1.165) is 28.6 Å². The summed E-state index contributed by atoms with van der Waals surface area (Å²) in [5, 5.41) is 0. The Balaban J connectivity index is 0.000000196. The van der Waals surface area contributed by atoms with E-state index in [1.54, 1.807) is 28.4 Å². The third-order valence-electron chi connectivity index (χ3n) is 6.10. The molecule has 214 valence electrons. The van der Waals surface area contributed by atoms with Crippen LogP contribution in [0.15, 0.2) is 127 Å². The van der Waals surface area contributed by atoms with Crippen molar-refractivity contribution < 1.29 is 18.9 Å². The molecule has 5 aromatic rings. The summed E-state index contributed by atoms with van der Waals surface area (Å²) < 4.78 is 20.4. The highest BCUT2D eigenvalue weighted by molar-refractivity contribution is 5.70. The number of hydrogen-bond donors (Lipinski definition) is 0. The molecule has 0 aromatic heterocycles. The standard InChI is InChI=1S/C13H12O.C9H12O.C8H10O.C7H8O/c1-14-13-10-6-5-9-12(13)11-7-3-2-4-8-11;1-7-5-4-6-8(2)9(7)10-3;1-7-5-3-4-6-8(7)9-2;1-8-7-5-3-2-4-6-7/h2-10H,1H3;4-6H,1-3H3;3-6H,1-2H3;2-6H,1H3. The first-order valence-corrected chi connectivity index (χ1v) is 13.4. The average molecular weight is 551 g/mol. The lowest BCUT2D eigenvalue weighted by molar-refractivity contribution is 0.408. The molecule has 5 aromatic carbocycles. The molecule has 0 saturated carbocycles. The van der Waals surface area contributed by atoms with Crippen LogP contribution in [-0.4, -0.2) is 28.4 Å². The Kier molecular flexibility index (Phi) is 14.7. The smallest absolute Gasteiger partial charge is 0.126 e. The van der Waals surface area contributed by atoms with Gasteiger partial charge in [-0.1, -0.05) is 103 Å². The number of benzene rings is 5. The molecule has 5 rings (SSSR count). The Morgan fingerprint density at radius 2 is 0.829 bits per heavy atom. The van der Waals surface area contributed by atoms with E-state index in [2.05, 4.69) is 18.2 Å². The van der Waals surface area contributed by atoms with Crippen LogP contribution in [0.1, 0.15) is 16.7 Å². The summed E-state index contributed by atoms with van der Waals surface area (Å²) in [4.78, 5) is 0. The molecule has 0 N–H and O–H groups in total. The summed E-state index contributed by atoms with van der Waals surface area (Å²) >= 11 is 0. The maximum atomic E-state index is 5.30. The van der Waals surface area contributed by atoms with Crippen molar-refractivity contribution in [2.75, 3.05) is 28.4 Å². The number of para-hydroxylation sites is 4. The molecule has 0 fully saturated rings. The quantitative estimate of drug-likeness (QED) is 0.218. The van der Waals surface area contributed by atoms with Gasteiger partial charge < -0.3 is 18.9 Å². The van der Waals surface area contributed by atoms with Gasteiger partial charge in [0.15, 0.2) is 0 Å². The van der Waals surface area contributed by atoms with Crippen LogP contribution in [0.2, 0.25) is 0 Å². The zero-order valence-electron chi connectivity index (χ0n) is 25.3. The molecule has 0 heterocycles. The highest BCUT2D eigenvalue weighted by atomic mass is 16.5. The van der Waals surface area contributed by atoms with Crippen LogP contribution in [0.5, 0.6) is 23.0 Å². The summed E-state index contributed by atoms with van der Waals surface area (Å²) in [5.74, 6) is 3.78. The van der Waals surface area contributed by atoms with Gasteiger partial charge in [0.05, 0.1) is 28.4 Å². The molecular formula is C37H42O4. The molecule has 0 aliphatic heterocycles. The molecule has 0 aliphatic rings. The van der Waals surface area contributed by atoms with Crippen LogP contribution in [0.3, 0.4) is 0 Å². The first-order valence-electron chi connectivity index (χ1n) is 13.4. The van der Waals surface area contributed by atoms with Gasteiger partial charge in [-0.05, 0) is 67.3 Å². The Bertz CT molecular complexity index is 1380. The monoisotopic (exact) mass is 550 g/mol. The molecule has 0 radical (unpaired) electrons. The third-order valence-corrected chi connectivity index (χ3v) is 6.10. The van der Waals surface area contributed by atoms with Gasteiger partial charge in [0.25, 0.3) is 0 Å². The zero-order valence-corrected chi connectivity index (χ0v) is 25.3. The van der Waals surface area contributed by atoms with Crippen molar-refractivity contribution in [1.82, 2.24) is 0 Å². The maximum absolute atomic E-state index is 5.30. The highest BCUT2D eigenvalue weighted by Gasteiger charge is 2.02. The molecule has 0 aliphatic carbocycles. The van der Waals surface area contributed by atoms with Gasteiger partial charge in [0.2, 0.25) is 0 Å². The highest BCUT2D eigenvalue weighted by Crippen LogP contribution is 2.28. The predicted octanol–water partition coefficient (Wildman–Crippen LogP) is 9.37. The molecule has 0 unspecified atom stereocenters. The van der Waals surface area contributed by atoms with Gasteiger partial charge in [-0.25, -0.2) is 0 Å². The van der Waals surface area contributed by atoms with E-state index in [0.29, 0.717) is 0 Å². The fourth-order valence-electron chi connectivity index (χ4n) is 3.96. The van der Waals surface area contributed by atoms with Crippen molar-refractivity contribution in [3.63, 3.8) is 0 Å². The molecule has 0 amide bonds. The van der Waals surface area contributed by atoms with Crippen LogP contribution in [0, 0.1) is 20.8 Å². The van der Waals surface area contributed by atoms with Gasteiger partial charge in [-0.2, -0.15) is 0 Å². The maximum Gasteiger partial charge on any atom is 0.126 e. The van der Waals surface area contributed by atoms with E-state index in [4.69, 9.17) is 18.9 Å². The largest absolute Gasteiger partial charge is 0.497 e. The zero-order chi connectivity index (χ0) is 29.9. The van der Waals surface area contributed by atoms with Gasteiger partial charge in [-0.3, -0.25) is 0 Å². The molecular weight excluding hydrogens is 508 g/mol. The third kappa shape index (κ3) is 11.1. The van der Waals surface area contributed by atoms with Crippen LogP contribution >= 0.6 is 0 Å². The van der Waals surface area contributed by atoms with Crippen LogP contribution in [0.25, 0.3) is 11.1 Å². The number of methoxy groups -OCH3 is 4. The Morgan fingerprint density at radius 1 is 0.366 bits per heavy atom. The molecule has 41 heavy (non-hydrogen) atoms. The van der Waals surface area contributed by atoms with Crippen LogP contribution < -0.4 is 18.9 Å². The number of hydrogen-bond acceptors (Lipinski definition) is 4. The first kappa shape index (κ1) is 32.5. The second kappa shape index (κ2) is 18.6. The van der Waals surface area contributed by atoms with Crippen molar-refractivity contribution in [3.05, 3.63) is 144 Å². The number of rotatable bonds is 5. The lowest BCUT2D eigenvalue weighted by atomic mass is 10.1. The SMILES string of the molecule is COc1c(C)cccc1C.COc1ccccc1.COc1ccccc1-c1ccccc1.COc1ccccc1C. The second-order valence-electron chi connectivity index (χ2n) is 8.98. The number of ether oxygens (including phenoxy) is 4. The fourth-order valence-corrected chi connectivity index (χ4v) is 3.96. The Hall–Kier alpha value is -4.70. The predicted molar refractivity (Wildman–Crippen MR) is 172 cm³/mol. The minimum atomic E-state index is 0.910.